The molecule has 0 radical (unpaired) electrons. The number of anilines is 1. The van der Waals surface area contributed by atoms with E-state index in [1.807, 2.05) is 69.4 Å². The Kier molecular flexibility index (Phi) is 4.94. The van der Waals surface area contributed by atoms with Gasteiger partial charge in [-0.25, -0.2) is 0 Å². The van der Waals surface area contributed by atoms with Crippen LogP contribution in [-0.2, 0) is 0 Å². The molecule has 1 aromatic rings. The van der Waals surface area contributed by atoms with Crippen LogP contribution in [0.15, 0.2) is 46.9 Å². The second-order valence-corrected chi connectivity index (χ2v) is 4.54. The number of hydrogen-bond donors (Lipinski definition) is 1. The first-order chi connectivity index (χ1) is 8.58. The molecule has 1 aromatic carbocycles. The Hall–Kier alpha value is -2.01. The van der Waals surface area contributed by atoms with Crippen molar-refractivity contribution < 1.29 is 9.48 Å². The number of guanidine groups is 1. The van der Waals surface area contributed by atoms with Gasteiger partial charge in [-0.2, -0.15) is 9.48 Å². The van der Waals surface area contributed by atoms with Gasteiger partial charge >= 0.3 is 5.96 Å². The Labute approximate surface area is 115 Å². The van der Waals surface area contributed by atoms with Gasteiger partial charge in [0.25, 0.3) is 0 Å². The second kappa shape index (κ2) is 6.24. The van der Waals surface area contributed by atoms with E-state index in [1.165, 1.54) is 0 Å². The molecule has 1 atom stereocenters. The molecule has 1 aliphatic heterocycles. The molecule has 0 amide bonds. The zero-order valence-corrected chi connectivity index (χ0v) is 12.3. The average molecular weight is 260 g/mol. The molecule has 5 heteroatoms. The minimum absolute atomic E-state index is 0. The number of nitrogens with one attached hydrogen (secondary N) is 1. The number of rotatable bonds is 2. The van der Waals surface area contributed by atoms with Crippen LogP contribution >= 0.6 is 0 Å². The molecule has 19 heavy (non-hydrogen) atoms. The summed E-state index contributed by atoms with van der Waals surface area (Å²) < 4.78 is 1.97. The van der Waals surface area contributed by atoms with E-state index in [0.29, 0.717) is 0 Å². The fraction of sp³-hybridized carbons (Fsp3) is 0.286. The van der Waals surface area contributed by atoms with Gasteiger partial charge in [-0.3, -0.25) is 0 Å². The van der Waals surface area contributed by atoms with Gasteiger partial charge in [0.1, 0.15) is 23.2 Å². The van der Waals surface area contributed by atoms with Crippen LogP contribution in [0.5, 0.6) is 0 Å². The summed E-state index contributed by atoms with van der Waals surface area (Å²) >= 11 is 0. The normalized spacial score (nSPS) is 18.0. The molecule has 0 saturated carbocycles. The molecule has 1 N–H and O–H groups in total. The summed E-state index contributed by atoms with van der Waals surface area (Å²) in [5.41, 5.74) is 2.02. The number of azo groups is 1. The summed E-state index contributed by atoms with van der Waals surface area (Å²) in [7, 11) is 8.04. The van der Waals surface area contributed by atoms with E-state index in [0.717, 1.165) is 22.2 Å². The van der Waals surface area contributed by atoms with Gasteiger partial charge in [-0.1, -0.05) is 0 Å². The maximum absolute atomic E-state index is 4.28. The molecule has 0 aliphatic carbocycles. The van der Waals surface area contributed by atoms with Crippen molar-refractivity contribution in [3.05, 3.63) is 44.1 Å². The zero-order valence-electron chi connectivity index (χ0n) is 12.3. The predicted molar refractivity (Wildman–Crippen MR) is 78.9 cm³/mol. The minimum atomic E-state index is 0. The Balaban J connectivity index is 0.00000180. The Morgan fingerprint density at radius 1 is 1.11 bits per heavy atom. The quantitative estimate of drug-likeness (QED) is 0.485. The van der Waals surface area contributed by atoms with E-state index in [9.17, 15) is 0 Å². The number of nitrogens with zero attached hydrogens (tertiary/aromatic N) is 4. The molecule has 5 nitrogen and oxygen atoms in total. The van der Waals surface area contributed by atoms with Gasteiger partial charge in [0.2, 0.25) is 0 Å². The van der Waals surface area contributed by atoms with Crippen LogP contribution in [0.4, 0.5) is 11.4 Å². The highest BCUT2D eigenvalue weighted by molar-refractivity contribution is 5.67. The van der Waals surface area contributed by atoms with Gasteiger partial charge in [0.05, 0.1) is 14.1 Å². The summed E-state index contributed by atoms with van der Waals surface area (Å²) in [4.78, 5) is 3.19. The topological polar surface area (TPSA) is 35.4 Å². The van der Waals surface area contributed by atoms with Crippen molar-refractivity contribution in [2.75, 3.05) is 33.1 Å². The summed E-state index contributed by atoms with van der Waals surface area (Å²) in [6.45, 7) is 0. The molecule has 2 rings (SSSR count). The number of quaternary nitrogens is 1. The fourth-order valence-electron chi connectivity index (χ4n) is 1.72. The zero-order chi connectivity index (χ0) is 13.1. The van der Waals surface area contributed by atoms with Gasteiger partial charge in [-0.15, -0.1) is 0 Å². The molecule has 0 bridgehead atoms. The van der Waals surface area contributed by atoms with Crippen LogP contribution in [0, 0.1) is 7.43 Å². The summed E-state index contributed by atoms with van der Waals surface area (Å²) in [6.07, 6.45) is 4.02. The van der Waals surface area contributed by atoms with Crippen LogP contribution in [0.2, 0.25) is 0 Å². The van der Waals surface area contributed by atoms with Gasteiger partial charge < -0.3 is 12.3 Å². The lowest BCUT2D eigenvalue weighted by atomic mass is 10.3. The van der Waals surface area contributed by atoms with Crippen molar-refractivity contribution in [3.63, 3.8) is 0 Å². The molecule has 0 spiro atoms. The third-order valence-corrected chi connectivity index (χ3v) is 2.86. The highest BCUT2D eigenvalue weighted by Crippen LogP contribution is 2.18. The molecule has 1 heterocycles. The Bertz CT molecular complexity index is 511. The second-order valence-electron chi connectivity index (χ2n) is 4.54. The van der Waals surface area contributed by atoms with Crippen LogP contribution in [-0.4, -0.2) is 38.7 Å². The standard InChI is InChI=1S/C13H18N5.CH3/c1-16(2)12-7-5-11(6-8-12)14-15-13-17(3)9-10-18(13)4;/h5-10H,1-4H3;1H3/q+1;-1/p+1. The highest BCUT2D eigenvalue weighted by atomic mass is 15.4. The smallest absolute Gasteiger partial charge is 0.378 e. The lowest BCUT2D eigenvalue weighted by molar-refractivity contribution is -0.735. The molecule has 102 valence electrons. The van der Waals surface area contributed by atoms with E-state index < -0.39 is 0 Å². The maximum Gasteiger partial charge on any atom is 0.524 e. The van der Waals surface area contributed by atoms with Crippen LogP contribution in [0.25, 0.3) is 0 Å². The van der Waals surface area contributed by atoms with Crippen molar-refractivity contribution in [1.29, 1.82) is 0 Å². The fourth-order valence-corrected chi connectivity index (χ4v) is 1.72. The lowest BCUT2D eigenvalue weighted by Crippen LogP contribution is -3.06. The van der Waals surface area contributed by atoms with E-state index in [-0.39, 0.29) is 7.43 Å². The van der Waals surface area contributed by atoms with Gasteiger partial charge in [-0.05, 0) is 29.4 Å². The molecule has 1 aliphatic rings. The molecule has 1 unspecified atom stereocenters. The van der Waals surface area contributed by atoms with Crippen LogP contribution in [0.3, 0.4) is 0 Å². The van der Waals surface area contributed by atoms with E-state index in [1.54, 1.807) is 0 Å². The first kappa shape index (κ1) is 15.0. The summed E-state index contributed by atoms with van der Waals surface area (Å²) in [5, 5.41) is 8.54. The third-order valence-electron chi connectivity index (χ3n) is 2.86. The molecular formula is C14H22N5+. The summed E-state index contributed by atoms with van der Waals surface area (Å²) in [5.74, 6) is 0.895. The third kappa shape index (κ3) is 3.48. The minimum Gasteiger partial charge on any atom is -0.378 e. The van der Waals surface area contributed by atoms with E-state index in [2.05, 4.69) is 15.1 Å². The molecule has 0 fully saturated rings. The number of benzene rings is 1. The largest absolute Gasteiger partial charge is 0.524 e. The highest BCUT2D eigenvalue weighted by Gasteiger charge is 2.26. The van der Waals surface area contributed by atoms with Crippen LogP contribution in [0.1, 0.15) is 0 Å². The SMILES string of the molecule is CN(C)c1ccc(N=NC2=[N+](C)C=C[NH+]2C)cc1.[CH3-]. The van der Waals surface area contributed by atoms with Crippen molar-refractivity contribution in [3.8, 4) is 0 Å². The van der Waals surface area contributed by atoms with Crippen LogP contribution < -0.4 is 9.80 Å². The van der Waals surface area contributed by atoms with E-state index >= 15 is 0 Å². The first-order valence-electron chi connectivity index (χ1n) is 5.89. The van der Waals surface area contributed by atoms with E-state index in [4.69, 9.17) is 0 Å². The predicted octanol–water partition coefficient (Wildman–Crippen LogP) is 1.28. The van der Waals surface area contributed by atoms with Crippen molar-refractivity contribution in [2.45, 2.75) is 0 Å². The molecule has 0 aromatic heterocycles. The summed E-state index contributed by atoms with van der Waals surface area (Å²) in [6, 6.07) is 8.01. The monoisotopic (exact) mass is 260 g/mol. The Morgan fingerprint density at radius 2 is 1.74 bits per heavy atom. The van der Waals surface area contributed by atoms with Crippen molar-refractivity contribution in [2.24, 2.45) is 10.2 Å². The molecular weight excluding hydrogens is 238 g/mol. The van der Waals surface area contributed by atoms with Gasteiger partial charge in [0.15, 0.2) is 0 Å². The molecule has 0 saturated heterocycles. The lowest BCUT2D eigenvalue weighted by Gasteiger charge is -2.11. The first-order valence-corrected chi connectivity index (χ1v) is 5.89. The number of hydrogen-bond acceptors (Lipinski definition) is 3. The van der Waals surface area contributed by atoms with Crippen molar-refractivity contribution in [1.82, 2.24) is 0 Å². The maximum atomic E-state index is 4.28. The average Bonchev–Trinajstić information content (AvgIpc) is 2.67. The Morgan fingerprint density at radius 3 is 2.21 bits per heavy atom. The van der Waals surface area contributed by atoms with Gasteiger partial charge in [0, 0.05) is 19.8 Å². The van der Waals surface area contributed by atoms with Crippen molar-refractivity contribution >= 4 is 17.3 Å².